The highest BCUT2D eigenvalue weighted by Gasteiger charge is 2.22. The first-order chi connectivity index (χ1) is 10.8. The number of aromatic carboxylic acids is 1. The molecule has 122 valence electrons. The van der Waals surface area contributed by atoms with Crippen LogP contribution in [-0.4, -0.2) is 37.0 Å². The van der Waals surface area contributed by atoms with Gasteiger partial charge in [-0.1, -0.05) is 12.1 Å². The quantitative estimate of drug-likeness (QED) is 0.749. The molecular formula is C14H15N3O5S. The van der Waals surface area contributed by atoms with Crippen LogP contribution in [0.5, 0.6) is 0 Å². The lowest BCUT2D eigenvalue weighted by molar-refractivity contribution is 0.0686. The highest BCUT2D eigenvalue weighted by Crippen LogP contribution is 2.21. The molecule has 0 aliphatic carbocycles. The Morgan fingerprint density at radius 3 is 2.43 bits per heavy atom. The van der Waals surface area contributed by atoms with Crippen LogP contribution in [0.15, 0.2) is 41.4 Å². The molecule has 0 aliphatic heterocycles. The fourth-order valence-electron chi connectivity index (χ4n) is 2.00. The third kappa shape index (κ3) is 3.34. The van der Waals surface area contributed by atoms with Gasteiger partial charge in [-0.05, 0) is 18.2 Å². The summed E-state index contributed by atoms with van der Waals surface area (Å²) < 4.78 is 28.3. The number of nitrogens with zero attached hydrogens (tertiary/aromatic N) is 1. The molecule has 1 aromatic carbocycles. The summed E-state index contributed by atoms with van der Waals surface area (Å²) in [6.07, 6.45) is 1.19. The Labute approximate surface area is 132 Å². The molecule has 0 aliphatic rings. The molecule has 0 atom stereocenters. The van der Waals surface area contributed by atoms with Crippen LogP contribution in [-0.2, 0) is 17.1 Å². The third-order valence-electron chi connectivity index (χ3n) is 3.15. The summed E-state index contributed by atoms with van der Waals surface area (Å²) in [7, 11) is -1.16. The van der Waals surface area contributed by atoms with Crippen LogP contribution >= 0.6 is 0 Å². The first-order valence-electron chi connectivity index (χ1n) is 6.50. The molecule has 0 bridgehead atoms. The van der Waals surface area contributed by atoms with E-state index < -0.39 is 21.9 Å². The number of carbonyl (C=O) groups is 2. The van der Waals surface area contributed by atoms with Crippen molar-refractivity contribution < 1.29 is 23.1 Å². The Kier molecular flexibility index (Phi) is 4.41. The standard InChI is InChI=1S/C14H15N3O5S/c1-15-13(18)10-5-3-4-6-11(10)16-23(21,22)9-7-12(14(19)20)17(2)8-9/h3-8,16H,1-2H3,(H,15,18)(H,19,20). The van der Waals surface area contributed by atoms with Crippen molar-refractivity contribution in [3.63, 3.8) is 0 Å². The lowest BCUT2D eigenvalue weighted by Gasteiger charge is -2.10. The second kappa shape index (κ2) is 6.13. The van der Waals surface area contributed by atoms with Gasteiger partial charge in [0.05, 0.1) is 11.3 Å². The van der Waals surface area contributed by atoms with Crippen molar-refractivity contribution in [2.75, 3.05) is 11.8 Å². The van der Waals surface area contributed by atoms with Gasteiger partial charge in [0.1, 0.15) is 10.6 Å². The zero-order valence-corrected chi connectivity index (χ0v) is 13.2. The topological polar surface area (TPSA) is 118 Å². The van der Waals surface area contributed by atoms with E-state index >= 15 is 0 Å². The predicted octanol–water partition coefficient (Wildman–Crippen LogP) is 0.884. The number of benzene rings is 1. The van der Waals surface area contributed by atoms with E-state index in [1.807, 2.05) is 0 Å². The monoisotopic (exact) mass is 337 g/mol. The zero-order chi connectivity index (χ0) is 17.2. The fraction of sp³-hybridized carbons (Fsp3) is 0.143. The van der Waals surface area contributed by atoms with Crippen molar-refractivity contribution in [1.82, 2.24) is 9.88 Å². The van der Waals surface area contributed by atoms with Crippen LogP contribution in [0.4, 0.5) is 5.69 Å². The molecule has 1 aromatic heterocycles. The minimum absolute atomic E-state index is 0.104. The number of para-hydroxylation sites is 1. The average Bonchev–Trinajstić information content (AvgIpc) is 2.90. The lowest BCUT2D eigenvalue weighted by atomic mass is 10.2. The summed E-state index contributed by atoms with van der Waals surface area (Å²) in [5.41, 5.74) is 0.102. The van der Waals surface area contributed by atoms with Gasteiger partial charge in [-0.15, -0.1) is 0 Å². The smallest absolute Gasteiger partial charge is 0.352 e. The molecule has 8 nitrogen and oxygen atoms in total. The van der Waals surface area contributed by atoms with Gasteiger partial charge < -0.3 is 15.0 Å². The summed E-state index contributed by atoms with van der Waals surface area (Å²) >= 11 is 0. The first kappa shape index (κ1) is 16.6. The molecule has 0 fully saturated rings. The summed E-state index contributed by atoms with van der Waals surface area (Å²) in [4.78, 5) is 22.6. The van der Waals surface area contributed by atoms with Crippen LogP contribution < -0.4 is 10.0 Å². The van der Waals surface area contributed by atoms with E-state index in [4.69, 9.17) is 5.11 Å². The second-order valence-electron chi connectivity index (χ2n) is 4.71. The number of rotatable bonds is 5. The highest BCUT2D eigenvalue weighted by molar-refractivity contribution is 7.92. The molecule has 0 unspecified atom stereocenters. The molecule has 23 heavy (non-hydrogen) atoms. The van der Waals surface area contributed by atoms with E-state index in [0.29, 0.717) is 0 Å². The van der Waals surface area contributed by atoms with Gasteiger partial charge in [0, 0.05) is 20.3 Å². The maximum Gasteiger partial charge on any atom is 0.352 e. The van der Waals surface area contributed by atoms with Crippen molar-refractivity contribution in [2.24, 2.45) is 7.05 Å². The number of anilines is 1. The number of hydrogen-bond donors (Lipinski definition) is 3. The number of carboxylic acids is 1. The Morgan fingerprint density at radius 2 is 1.87 bits per heavy atom. The summed E-state index contributed by atoms with van der Waals surface area (Å²) in [5.74, 6) is -1.68. The van der Waals surface area contributed by atoms with E-state index in [0.717, 1.165) is 6.07 Å². The van der Waals surface area contributed by atoms with Crippen LogP contribution in [0, 0.1) is 0 Å². The van der Waals surface area contributed by atoms with Crippen molar-refractivity contribution in [2.45, 2.75) is 4.90 Å². The summed E-state index contributed by atoms with van der Waals surface area (Å²) in [6, 6.07) is 7.16. The normalized spacial score (nSPS) is 11.0. The van der Waals surface area contributed by atoms with E-state index in [1.165, 1.54) is 37.0 Å². The number of aromatic nitrogens is 1. The van der Waals surface area contributed by atoms with Crippen LogP contribution in [0.3, 0.4) is 0 Å². The molecule has 0 radical (unpaired) electrons. The lowest BCUT2D eigenvalue weighted by Crippen LogP contribution is -2.21. The van der Waals surface area contributed by atoms with Gasteiger partial charge in [-0.3, -0.25) is 9.52 Å². The average molecular weight is 337 g/mol. The Bertz CT molecular complexity index is 870. The molecule has 0 spiro atoms. The largest absolute Gasteiger partial charge is 0.477 e. The van der Waals surface area contributed by atoms with E-state index in [-0.39, 0.29) is 21.8 Å². The first-order valence-corrected chi connectivity index (χ1v) is 7.98. The zero-order valence-electron chi connectivity index (χ0n) is 12.4. The molecule has 2 aromatic rings. The van der Waals surface area contributed by atoms with Crippen molar-refractivity contribution >= 4 is 27.6 Å². The number of carboxylic acid groups (broad SMARTS) is 1. The maximum atomic E-state index is 12.4. The molecule has 0 saturated carbocycles. The van der Waals surface area contributed by atoms with Crippen molar-refractivity contribution in [1.29, 1.82) is 0 Å². The molecule has 1 amide bonds. The van der Waals surface area contributed by atoms with Gasteiger partial charge in [0.25, 0.3) is 15.9 Å². The van der Waals surface area contributed by atoms with Crippen molar-refractivity contribution in [3.8, 4) is 0 Å². The Morgan fingerprint density at radius 1 is 1.22 bits per heavy atom. The van der Waals surface area contributed by atoms with E-state index in [2.05, 4.69) is 10.0 Å². The van der Waals surface area contributed by atoms with Crippen LogP contribution in [0.25, 0.3) is 0 Å². The fourth-order valence-corrected chi connectivity index (χ4v) is 3.15. The minimum atomic E-state index is -4.03. The number of sulfonamides is 1. The molecule has 3 N–H and O–H groups in total. The summed E-state index contributed by atoms with van der Waals surface area (Å²) in [6.45, 7) is 0. The molecule has 9 heteroatoms. The third-order valence-corrected chi connectivity index (χ3v) is 4.48. The Hall–Kier alpha value is -2.81. The molecule has 1 heterocycles. The SMILES string of the molecule is CNC(=O)c1ccccc1NS(=O)(=O)c1cc(C(=O)O)n(C)c1. The van der Waals surface area contributed by atoms with Gasteiger partial charge in [-0.2, -0.15) is 0 Å². The van der Waals surface area contributed by atoms with Gasteiger partial charge in [-0.25, -0.2) is 13.2 Å². The number of nitrogens with one attached hydrogen (secondary N) is 2. The van der Waals surface area contributed by atoms with E-state index in [9.17, 15) is 18.0 Å². The predicted molar refractivity (Wildman–Crippen MR) is 83.0 cm³/mol. The second-order valence-corrected chi connectivity index (χ2v) is 6.39. The molecular weight excluding hydrogens is 322 g/mol. The number of carbonyl (C=O) groups excluding carboxylic acids is 1. The van der Waals surface area contributed by atoms with Crippen LogP contribution in [0.2, 0.25) is 0 Å². The highest BCUT2D eigenvalue weighted by atomic mass is 32.2. The van der Waals surface area contributed by atoms with Gasteiger partial charge in [0.2, 0.25) is 0 Å². The number of hydrogen-bond acceptors (Lipinski definition) is 4. The van der Waals surface area contributed by atoms with E-state index in [1.54, 1.807) is 12.1 Å². The molecule has 2 rings (SSSR count). The number of aryl methyl sites for hydroxylation is 1. The van der Waals surface area contributed by atoms with Gasteiger partial charge >= 0.3 is 5.97 Å². The van der Waals surface area contributed by atoms with Crippen molar-refractivity contribution in [3.05, 3.63) is 47.8 Å². The number of amides is 1. The van der Waals surface area contributed by atoms with Gasteiger partial charge in [0.15, 0.2) is 0 Å². The summed E-state index contributed by atoms with van der Waals surface area (Å²) in [5, 5.41) is 11.4. The maximum absolute atomic E-state index is 12.4. The minimum Gasteiger partial charge on any atom is -0.477 e. The molecule has 0 saturated heterocycles. The Balaban J connectivity index is 2.42. The van der Waals surface area contributed by atoms with Crippen LogP contribution in [0.1, 0.15) is 20.8 Å².